The predicted molar refractivity (Wildman–Crippen MR) is 142 cm³/mol. The molecule has 3 aromatic rings. The quantitative estimate of drug-likeness (QED) is 0.482. The van der Waals surface area contributed by atoms with Crippen LogP contribution in [0.2, 0.25) is 0 Å². The summed E-state index contributed by atoms with van der Waals surface area (Å²) in [7, 11) is 0. The van der Waals surface area contributed by atoms with E-state index < -0.39 is 6.04 Å². The van der Waals surface area contributed by atoms with Gasteiger partial charge in [-0.3, -0.25) is 14.5 Å². The molecule has 0 fully saturated rings. The molecule has 8 nitrogen and oxygen atoms in total. The number of nitrogens with one attached hydrogen (secondary N) is 1. The van der Waals surface area contributed by atoms with E-state index in [1.54, 1.807) is 23.1 Å². The molecule has 192 valence electrons. The maximum absolute atomic E-state index is 14.3. The van der Waals surface area contributed by atoms with Crippen molar-refractivity contribution in [3.63, 3.8) is 0 Å². The molecule has 0 saturated carbocycles. The van der Waals surface area contributed by atoms with Crippen LogP contribution in [0.15, 0.2) is 76.7 Å². The van der Waals surface area contributed by atoms with Crippen LogP contribution in [0.25, 0.3) is 0 Å². The maximum atomic E-state index is 14.3. The Kier molecular flexibility index (Phi) is 6.55. The number of aliphatic imine (C=N–C) groups is 2. The number of hydrogen-bond acceptors (Lipinski definition) is 7. The molecular formula is C28H23FN4O4S. The first-order chi connectivity index (χ1) is 18.6. The molecular weight excluding hydrogens is 507 g/mol. The summed E-state index contributed by atoms with van der Waals surface area (Å²) >= 11 is 1.34. The van der Waals surface area contributed by atoms with Gasteiger partial charge in [-0.1, -0.05) is 48.2 Å². The number of amides is 2. The van der Waals surface area contributed by atoms with Gasteiger partial charge in [-0.2, -0.15) is 4.99 Å². The first-order valence-electron chi connectivity index (χ1n) is 12.2. The maximum Gasteiger partial charge on any atom is 0.270 e. The summed E-state index contributed by atoms with van der Waals surface area (Å²) < 4.78 is 25.0. The number of nitrogens with zero attached hydrogens (tertiary/aromatic N) is 3. The minimum absolute atomic E-state index is 0.132. The van der Waals surface area contributed by atoms with Gasteiger partial charge in [0, 0.05) is 24.3 Å². The first kappa shape index (κ1) is 24.2. The fraction of sp³-hybridized carbons (Fsp3) is 0.214. The summed E-state index contributed by atoms with van der Waals surface area (Å²) in [6.07, 6.45) is 0.396. The third-order valence-corrected chi connectivity index (χ3v) is 7.50. The second-order valence-electron chi connectivity index (χ2n) is 8.95. The van der Waals surface area contributed by atoms with Gasteiger partial charge in [0.05, 0.1) is 5.69 Å². The Morgan fingerprint density at radius 1 is 1.05 bits per heavy atom. The van der Waals surface area contributed by atoms with E-state index in [1.807, 2.05) is 42.5 Å². The van der Waals surface area contributed by atoms with E-state index in [0.29, 0.717) is 46.1 Å². The third kappa shape index (κ3) is 4.74. The molecule has 38 heavy (non-hydrogen) atoms. The van der Waals surface area contributed by atoms with Crippen LogP contribution in [0.1, 0.15) is 29.5 Å². The number of hydrogen-bond donors (Lipinski definition) is 1. The van der Waals surface area contributed by atoms with E-state index in [9.17, 15) is 14.0 Å². The molecule has 3 aliphatic heterocycles. The molecule has 1 atom stereocenters. The Labute approximate surface area is 222 Å². The molecule has 3 aromatic carbocycles. The summed E-state index contributed by atoms with van der Waals surface area (Å²) in [6, 6.07) is 18.9. The standard InChI is InChI=1S/C28H23FN4O4S/c29-20-7-3-1-5-18(20)15-38-28-31-21-8-4-2-6-19(21)26-32-27(35)22(33(26)28)10-12-25(34)30-14-17-9-11-23-24(13-17)37-16-36-23/h1-9,11,13,22H,10,12,14-16H2,(H,30,34). The number of ether oxygens (including phenoxy) is 2. The van der Waals surface area contributed by atoms with Crippen molar-refractivity contribution in [2.75, 3.05) is 6.79 Å². The molecule has 0 bridgehead atoms. The van der Waals surface area contributed by atoms with E-state index in [1.165, 1.54) is 17.8 Å². The fourth-order valence-corrected chi connectivity index (χ4v) is 5.58. The van der Waals surface area contributed by atoms with Crippen molar-refractivity contribution in [3.05, 3.63) is 89.2 Å². The van der Waals surface area contributed by atoms with Crippen molar-refractivity contribution >= 4 is 40.3 Å². The van der Waals surface area contributed by atoms with Crippen LogP contribution >= 0.6 is 11.8 Å². The number of thioether (sulfide) groups is 1. The predicted octanol–water partition coefficient (Wildman–Crippen LogP) is 4.54. The average molecular weight is 531 g/mol. The second-order valence-corrected chi connectivity index (χ2v) is 9.90. The topological polar surface area (TPSA) is 92.6 Å². The number of halogens is 1. The minimum atomic E-state index is -0.665. The van der Waals surface area contributed by atoms with Crippen LogP contribution in [0.5, 0.6) is 11.5 Å². The van der Waals surface area contributed by atoms with Crippen LogP contribution in [-0.2, 0) is 21.9 Å². The van der Waals surface area contributed by atoms with E-state index in [4.69, 9.17) is 14.5 Å². The monoisotopic (exact) mass is 530 g/mol. The van der Waals surface area contributed by atoms with Gasteiger partial charge in [-0.15, -0.1) is 0 Å². The van der Waals surface area contributed by atoms with Gasteiger partial charge in [-0.05, 0) is 47.9 Å². The Morgan fingerprint density at radius 3 is 2.76 bits per heavy atom. The zero-order chi connectivity index (χ0) is 26.1. The lowest BCUT2D eigenvalue weighted by molar-refractivity contribution is -0.122. The van der Waals surface area contributed by atoms with Crippen molar-refractivity contribution in [1.82, 2.24) is 10.2 Å². The molecule has 2 amide bonds. The summed E-state index contributed by atoms with van der Waals surface area (Å²) in [5.41, 5.74) is 2.89. The molecule has 3 aliphatic rings. The normalized spacial score (nSPS) is 17.0. The highest BCUT2D eigenvalue weighted by molar-refractivity contribution is 8.13. The van der Waals surface area contributed by atoms with Crippen molar-refractivity contribution in [2.45, 2.75) is 31.2 Å². The zero-order valence-electron chi connectivity index (χ0n) is 20.2. The van der Waals surface area contributed by atoms with Crippen molar-refractivity contribution in [3.8, 4) is 11.5 Å². The Hall–Kier alpha value is -4.18. The lowest BCUT2D eigenvalue weighted by Gasteiger charge is -2.31. The van der Waals surface area contributed by atoms with Gasteiger partial charge in [-0.25, -0.2) is 9.38 Å². The first-order valence-corrected chi connectivity index (χ1v) is 13.2. The molecule has 0 radical (unpaired) electrons. The van der Waals surface area contributed by atoms with Gasteiger partial charge < -0.3 is 14.8 Å². The van der Waals surface area contributed by atoms with Crippen LogP contribution in [0, 0.1) is 5.82 Å². The molecule has 10 heteroatoms. The Morgan fingerprint density at radius 2 is 1.87 bits per heavy atom. The molecule has 6 rings (SSSR count). The molecule has 1 N–H and O–H groups in total. The average Bonchev–Trinajstić information content (AvgIpc) is 3.54. The third-order valence-electron chi connectivity index (χ3n) is 6.49. The van der Waals surface area contributed by atoms with Crippen molar-refractivity contribution in [2.24, 2.45) is 9.98 Å². The lowest BCUT2D eigenvalue weighted by Crippen LogP contribution is -2.44. The smallest absolute Gasteiger partial charge is 0.270 e. The summed E-state index contributed by atoms with van der Waals surface area (Å²) in [5, 5.41) is 3.46. The fourth-order valence-electron chi connectivity index (χ4n) is 4.54. The van der Waals surface area contributed by atoms with E-state index >= 15 is 0 Å². The largest absolute Gasteiger partial charge is 0.454 e. The van der Waals surface area contributed by atoms with Crippen LogP contribution in [0.3, 0.4) is 0 Å². The van der Waals surface area contributed by atoms with Crippen molar-refractivity contribution in [1.29, 1.82) is 0 Å². The SMILES string of the molecule is O=C(CCC1C(=O)N=C2c3ccccc3N=C(SCc3ccccc3F)N21)NCc1ccc2c(c1)OCO2. The number of fused-ring (bicyclic) bond motifs is 4. The Balaban J connectivity index is 1.15. The molecule has 1 unspecified atom stereocenters. The number of carbonyl (C=O) groups is 2. The lowest BCUT2D eigenvalue weighted by atomic mass is 10.1. The molecule has 3 heterocycles. The highest BCUT2D eigenvalue weighted by atomic mass is 32.2. The number of carbonyl (C=O) groups excluding carboxylic acids is 2. The van der Waals surface area contributed by atoms with Crippen molar-refractivity contribution < 1.29 is 23.5 Å². The van der Waals surface area contributed by atoms with Gasteiger partial charge in [0.2, 0.25) is 12.7 Å². The number of rotatable bonds is 7. The number of benzene rings is 3. The highest BCUT2D eigenvalue weighted by Gasteiger charge is 2.41. The van der Waals surface area contributed by atoms with Gasteiger partial charge >= 0.3 is 0 Å². The summed E-state index contributed by atoms with van der Waals surface area (Å²) in [6.45, 7) is 0.521. The summed E-state index contributed by atoms with van der Waals surface area (Å²) in [4.78, 5) is 36.6. The molecule has 0 aliphatic carbocycles. The van der Waals surface area contributed by atoms with E-state index in [0.717, 1.165) is 11.1 Å². The minimum Gasteiger partial charge on any atom is -0.454 e. The number of amidine groups is 2. The zero-order valence-corrected chi connectivity index (χ0v) is 21.0. The van der Waals surface area contributed by atoms with Gasteiger partial charge in [0.15, 0.2) is 16.7 Å². The molecule has 0 spiro atoms. The van der Waals surface area contributed by atoms with Crippen LogP contribution < -0.4 is 14.8 Å². The highest BCUT2D eigenvalue weighted by Crippen LogP contribution is 2.36. The summed E-state index contributed by atoms with van der Waals surface area (Å²) in [5.74, 6) is 1.40. The Bertz CT molecular complexity index is 1490. The van der Waals surface area contributed by atoms with Crippen LogP contribution in [-0.4, -0.2) is 40.6 Å². The van der Waals surface area contributed by atoms with Gasteiger partial charge in [0.1, 0.15) is 17.7 Å². The van der Waals surface area contributed by atoms with E-state index in [2.05, 4.69) is 10.3 Å². The van der Waals surface area contributed by atoms with Crippen LogP contribution in [0.4, 0.5) is 10.1 Å². The molecule has 0 aromatic heterocycles. The van der Waals surface area contributed by atoms with E-state index in [-0.39, 0.29) is 37.3 Å². The second kappa shape index (κ2) is 10.3. The number of para-hydroxylation sites is 1. The van der Waals surface area contributed by atoms with Gasteiger partial charge in [0.25, 0.3) is 5.91 Å². The molecule has 0 saturated heterocycles.